The number of aryl methyl sites for hydroxylation is 1. The molecule has 0 saturated heterocycles. The molecule has 0 radical (unpaired) electrons. The molecule has 7 heteroatoms. The van der Waals surface area contributed by atoms with Gasteiger partial charge in [-0.25, -0.2) is 14.6 Å². The normalized spacial score (nSPS) is 10.4. The van der Waals surface area contributed by atoms with Crippen LogP contribution in [0.4, 0.5) is 0 Å². The van der Waals surface area contributed by atoms with Gasteiger partial charge in [-0.1, -0.05) is 11.3 Å². The van der Waals surface area contributed by atoms with E-state index in [1.165, 1.54) is 23.6 Å². The second kappa shape index (κ2) is 5.15. The Bertz CT molecular complexity index is 651. The summed E-state index contributed by atoms with van der Waals surface area (Å²) in [5.41, 5.74) is 2.86. The second-order valence-electron chi connectivity index (χ2n) is 3.98. The van der Waals surface area contributed by atoms with Gasteiger partial charge in [0.05, 0.1) is 10.9 Å². The lowest BCUT2D eigenvalue weighted by Gasteiger charge is -2.02. The van der Waals surface area contributed by atoms with Crippen LogP contribution in [0.1, 0.15) is 32.1 Å². The minimum absolute atomic E-state index is 0.293. The highest BCUT2D eigenvalue weighted by atomic mass is 32.1. The van der Waals surface area contributed by atoms with Gasteiger partial charge >= 0.3 is 11.9 Å². The SMILES string of the molecule is Cc1csc[n+]1Cc1cnc(C(=O)O)c(C(=O)O)c1. The van der Waals surface area contributed by atoms with Crippen LogP contribution in [0.5, 0.6) is 0 Å². The molecule has 0 fully saturated rings. The fourth-order valence-corrected chi connectivity index (χ4v) is 2.42. The first-order valence-electron chi connectivity index (χ1n) is 5.36. The fraction of sp³-hybridized carbons (Fsp3) is 0.167. The summed E-state index contributed by atoms with van der Waals surface area (Å²) in [6.07, 6.45) is 1.39. The van der Waals surface area contributed by atoms with Crippen LogP contribution in [-0.4, -0.2) is 27.1 Å². The number of hydrogen-bond acceptors (Lipinski definition) is 4. The third-order valence-corrected chi connectivity index (χ3v) is 3.46. The summed E-state index contributed by atoms with van der Waals surface area (Å²) in [4.78, 5) is 25.6. The van der Waals surface area contributed by atoms with Gasteiger partial charge < -0.3 is 10.2 Å². The molecule has 0 spiro atoms. The van der Waals surface area contributed by atoms with Crippen LogP contribution >= 0.6 is 11.3 Å². The van der Waals surface area contributed by atoms with E-state index in [9.17, 15) is 9.59 Å². The van der Waals surface area contributed by atoms with E-state index < -0.39 is 17.6 Å². The Hall–Kier alpha value is -2.28. The Kier molecular flexibility index (Phi) is 3.57. The van der Waals surface area contributed by atoms with Crippen molar-refractivity contribution in [2.45, 2.75) is 13.5 Å². The van der Waals surface area contributed by atoms with Crippen molar-refractivity contribution in [3.8, 4) is 0 Å². The molecule has 2 N–H and O–H groups in total. The van der Waals surface area contributed by atoms with Crippen LogP contribution in [0.2, 0.25) is 0 Å². The minimum atomic E-state index is -1.34. The van der Waals surface area contributed by atoms with Gasteiger partial charge in [0, 0.05) is 18.7 Å². The first kappa shape index (κ1) is 13.2. The smallest absolute Gasteiger partial charge is 0.355 e. The minimum Gasteiger partial charge on any atom is -0.478 e. The Morgan fingerprint density at radius 3 is 2.63 bits per heavy atom. The Morgan fingerprint density at radius 1 is 1.37 bits per heavy atom. The predicted octanol–water partition coefficient (Wildman–Crippen LogP) is 1.18. The van der Waals surface area contributed by atoms with E-state index in [2.05, 4.69) is 4.98 Å². The van der Waals surface area contributed by atoms with E-state index in [1.54, 1.807) is 0 Å². The summed E-state index contributed by atoms with van der Waals surface area (Å²) in [7, 11) is 0. The Morgan fingerprint density at radius 2 is 2.11 bits per heavy atom. The van der Waals surface area contributed by atoms with Crippen molar-refractivity contribution in [1.29, 1.82) is 0 Å². The number of nitrogens with zero attached hydrogens (tertiary/aromatic N) is 2. The molecule has 0 atom stereocenters. The zero-order valence-corrected chi connectivity index (χ0v) is 10.8. The molecule has 0 aliphatic rings. The van der Waals surface area contributed by atoms with E-state index in [0.29, 0.717) is 12.1 Å². The highest BCUT2D eigenvalue weighted by Crippen LogP contribution is 2.10. The average Bonchev–Trinajstić information content (AvgIpc) is 2.74. The lowest BCUT2D eigenvalue weighted by molar-refractivity contribution is -0.689. The predicted molar refractivity (Wildman–Crippen MR) is 66.5 cm³/mol. The summed E-state index contributed by atoms with van der Waals surface area (Å²) in [5.74, 6) is -2.64. The van der Waals surface area contributed by atoms with Crippen LogP contribution in [0.15, 0.2) is 23.2 Å². The topological polar surface area (TPSA) is 91.4 Å². The standard InChI is InChI=1S/C12H10N2O4S/c1-7-5-19-6-14(7)4-8-2-9(11(15)16)10(12(17)18)13-3-8/h2-3,5-6H,4H2,1H3,(H-,15,16,17,18)/p+1. The van der Waals surface area contributed by atoms with E-state index in [-0.39, 0.29) is 5.56 Å². The molecule has 2 rings (SSSR count). The highest BCUT2D eigenvalue weighted by molar-refractivity contribution is 7.07. The van der Waals surface area contributed by atoms with E-state index >= 15 is 0 Å². The molecule has 2 aromatic heterocycles. The van der Waals surface area contributed by atoms with Crippen molar-refractivity contribution in [3.05, 3.63) is 45.7 Å². The van der Waals surface area contributed by atoms with Gasteiger partial charge in [0.25, 0.3) is 0 Å². The quantitative estimate of drug-likeness (QED) is 0.820. The Labute approximate surface area is 112 Å². The number of carboxylic acids is 2. The maximum absolute atomic E-state index is 11.0. The molecule has 98 valence electrons. The number of carboxylic acid groups (broad SMARTS) is 2. The van der Waals surface area contributed by atoms with Crippen LogP contribution in [0.3, 0.4) is 0 Å². The highest BCUT2D eigenvalue weighted by Gasteiger charge is 2.19. The molecule has 2 heterocycles. The van der Waals surface area contributed by atoms with Crippen molar-refractivity contribution >= 4 is 23.3 Å². The fourth-order valence-electron chi connectivity index (χ4n) is 1.64. The van der Waals surface area contributed by atoms with Crippen molar-refractivity contribution in [3.63, 3.8) is 0 Å². The van der Waals surface area contributed by atoms with E-state index in [4.69, 9.17) is 10.2 Å². The molecule has 0 unspecified atom stereocenters. The first-order chi connectivity index (χ1) is 8.99. The number of aromatic carboxylic acids is 2. The average molecular weight is 279 g/mol. The molecule has 6 nitrogen and oxygen atoms in total. The number of carbonyl (C=O) groups is 2. The van der Waals surface area contributed by atoms with Gasteiger partial charge in [0.2, 0.25) is 5.51 Å². The van der Waals surface area contributed by atoms with Crippen molar-refractivity contribution in [2.24, 2.45) is 0 Å². The lowest BCUT2D eigenvalue weighted by Crippen LogP contribution is -2.34. The molecular formula is C12H11N2O4S+. The van der Waals surface area contributed by atoms with Crippen molar-refractivity contribution in [1.82, 2.24) is 4.98 Å². The summed E-state index contributed by atoms with van der Waals surface area (Å²) in [6.45, 7) is 2.40. The second-order valence-corrected chi connectivity index (χ2v) is 4.70. The van der Waals surface area contributed by atoms with E-state index in [1.807, 2.05) is 22.4 Å². The van der Waals surface area contributed by atoms with E-state index in [0.717, 1.165) is 5.69 Å². The number of pyridine rings is 1. The first-order valence-corrected chi connectivity index (χ1v) is 6.31. The molecule has 2 aromatic rings. The van der Waals surface area contributed by atoms with Gasteiger partial charge in [-0.05, 0) is 6.07 Å². The zero-order chi connectivity index (χ0) is 14.0. The van der Waals surface area contributed by atoms with Crippen molar-refractivity contribution < 1.29 is 24.4 Å². The molecule has 0 bridgehead atoms. The van der Waals surface area contributed by atoms with Crippen LogP contribution in [0.25, 0.3) is 0 Å². The third-order valence-electron chi connectivity index (χ3n) is 2.61. The third kappa shape index (κ3) is 2.76. The van der Waals surface area contributed by atoms with Gasteiger partial charge in [0.15, 0.2) is 17.9 Å². The molecular weight excluding hydrogens is 268 g/mol. The summed E-state index contributed by atoms with van der Waals surface area (Å²) in [6, 6.07) is 1.35. The number of rotatable bonds is 4. The monoisotopic (exact) mass is 279 g/mol. The van der Waals surface area contributed by atoms with Gasteiger partial charge in [-0.15, -0.1) is 0 Å². The molecule has 0 amide bonds. The van der Waals surface area contributed by atoms with Gasteiger partial charge in [-0.2, -0.15) is 4.57 Å². The summed E-state index contributed by atoms with van der Waals surface area (Å²) >= 11 is 1.54. The zero-order valence-electron chi connectivity index (χ0n) is 10.0. The molecule has 0 saturated carbocycles. The maximum atomic E-state index is 11.0. The number of aromatic nitrogens is 2. The maximum Gasteiger partial charge on any atom is 0.355 e. The number of hydrogen-bond donors (Lipinski definition) is 2. The van der Waals surface area contributed by atoms with Crippen molar-refractivity contribution in [2.75, 3.05) is 0 Å². The van der Waals surface area contributed by atoms with Gasteiger partial charge in [-0.3, -0.25) is 0 Å². The van der Waals surface area contributed by atoms with Crippen LogP contribution in [-0.2, 0) is 6.54 Å². The Balaban J connectivity index is 2.39. The molecule has 0 aliphatic carbocycles. The van der Waals surface area contributed by atoms with Gasteiger partial charge in [0.1, 0.15) is 0 Å². The molecule has 19 heavy (non-hydrogen) atoms. The lowest BCUT2D eigenvalue weighted by atomic mass is 10.1. The molecule has 0 aliphatic heterocycles. The van der Waals surface area contributed by atoms with Crippen LogP contribution < -0.4 is 4.57 Å². The summed E-state index contributed by atoms with van der Waals surface area (Å²) < 4.78 is 1.94. The summed E-state index contributed by atoms with van der Waals surface area (Å²) in [5, 5.41) is 19.9. The largest absolute Gasteiger partial charge is 0.478 e. The molecule has 0 aromatic carbocycles. The van der Waals surface area contributed by atoms with Crippen LogP contribution in [0, 0.1) is 6.92 Å². The number of thiazole rings is 1.